The molecular formula is C17H22N2O2. The smallest absolute Gasteiger partial charge is 0.251 e. The third kappa shape index (κ3) is 4.02. The summed E-state index contributed by atoms with van der Waals surface area (Å²) in [5.74, 6) is 0.555. The lowest BCUT2D eigenvalue weighted by Gasteiger charge is -2.19. The van der Waals surface area contributed by atoms with Crippen molar-refractivity contribution in [2.45, 2.75) is 39.7 Å². The van der Waals surface area contributed by atoms with E-state index in [1.54, 1.807) is 0 Å². The number of aromatic amines is 1. The summed E-state index contributed by atoms with van der Waals surface area (Å²) >= 11 is 0. The Bertz CT molecular complexity index is 652. The Labute approximate surface area is 125 Å². The minimum atomic E-state index is -0.158. The van der Waals surface area contributed by atoms with E-state index in [1.165, 1.54) is 11.6 Å². The van der Waals surface area contributed by atoms with Crippen LogP contribution in [0.4, 0.5) is 0 Å². The minimum absolute atomic E-state index is 0.111. The SMILES string of the molecule is CCOCc1nc(-c2ccc(C(C)(C)C)cc2)cc(=O)[nH]1. The number of hydrogen-bond acceptors (Lipinski definition) is 3. The maximum atomic E-state index is 11.7. The van der Waals surface area contributed by atoms with Crippen LogP contribution in [0.2, 0.25) is 0 Å². The number of ether oxygens (including phenoxy) is 1. The standard InChI is InChI=1S/C17H22N2O2/c1-5-21-11-15-18-14(10-16(20)19-15)12-6-8-13(9-7-12)17(2,3)4/h6-10H,5,11H2,1-4H3,(H,18,19,20). The molecule has 0 bridgehead atoms. The Morgan fingerprint density at radius 2 is 1.86 bits per heavy atom. The lowest BCUT2D eigenvalue weighted by molar-refractivity contribution is 0.128. The zero-order valence-electron chi connectivity index (χ0n) is 13.1. The van der Waals surface area contributed by atoms with E-state index in [2.05, 4.69) is 42.9 Å². The van der Waals surface area contributed by atoms with Crippen LogP contribution in [-0.2, 0) is 16.8 Å². The topological polar surface area (TPSA) is 55.0 Å². The van der Waals surface area contributed by atoms with Crippen LogP contribution in [0.25, 0.3) is 11.3 Å². The molecule has 0 amide bonds. The quantitative estimate of drug-likeness (QED) is 0.938. The molecule has 0 atom stereocenters. The first kappa shape index (κ1) is 15.4. The summed E-state index contributed by atoms with van der Waals surface area (Å²) in [7, 11) is 0. The van der Waals surface area contributed by atoms with Crippen molar-refractivity contribution in [2.75, 3.05) is 6.61 Å². The molecule has 0 spiro atoms. The van der Waals surface area contributed by atoms with Gasteiger partial charge in [-0.2, -0.15) is 0 Å². The summed E-state index contributed by atoms with van der Waals surface area (Å²) in [4.78, 5) is 18.9. The fourth-order valence-electron chi connectivity index (χ4n) is 2.06. The molecule has 0 aliphatic carbocycles. The van der Waals surface area contributed by atoms with Crippen molar-refractivity contribution < 1.29 is 4.74 Å². The monoisotopic (exact) mass is 286 g/mol. The predicted molar refractivity (Wildman–Crippen MR) is 84.3 cm³/mol. The predicted octanol–water partition coefficient (Wildman–Crippen LogP) is 3.27. The zero-order chi connectivity index (χ0) is 15.5. The highest BCUT2D eigenvalue weighted by Gasteiger charge is 2.13. The molecular weight excluding hydrogens is 264 g/mol. The number of nitrogens with one attached hydrogen (secondary N) is 1. The highest BCUT2D eigenvalue weighted by molar-refractivity contribution is 5.59. The van der Waals surface area contributed by atoms with E-state index in [4.69, 9.17) is 4.74 Å². The first-order chi connectivity index (χ1) is 9.90. The number of nitrogens with zero attached hydrogens (tertiary/aromatic N) is 1. The first-order valence-electron chi connectivity index (χ1n) is 7.19. The Morgan fingerprint density at radius 3 is 2.43 bits per heavy atom. The van der Waals surface area contributed by atoms with Crippen LogP contribution in [0, 0.1) is 0 Å². The number of rotatable bonds is 4. The van der Waals surface area contributed by atoms with Crippen molar-refractivity contribution in [1.29, 1.82) is 0 Å². The van der Waals surface area contributed by atoms with E-state index in [-0.39, 0.29) is 11.0 Å². The molecule has 0 fully saturated rings. The molecule has 112 valence electrons. The van der Waals surface area contributed by atoms with Crippen LogP contribution in [0.3, 0.4) is 0 Å². The molecule has 0 saturated carbocycles. The maximum Gasteiger partial charge on any atom is 0.251 e. The summed E-state index contributed by atoms with van der Waals surface area (Å²) in [6, 6.07) is 9.70. The molecule has 0 saturated heterocycles. The Hall–Kier alpha value is -1.94. The molecule has 2 rings (SSSR count). The molecule has 2 aromatic rings. The second kappa shape index (κ2) is 6.22. The van der Waals surface area contributed by atoms with Crippen molar-refractivity contribution in [1.82, 2.24) is 9.97 Å². The first-order valence-corrected chi connectivity index (χ1v) is 7.19. The van der Waals surface area contributed by atoms with Gasteiger partial charge in [-0.25, -0.2) is 4.98 Å². The summed E-state index contributed by atoms with van der Waals surface area (Å²) < 4.78 is 5.30. The van der Waals surface area contributed by atoms with E-state index < -0.39 is 0 Å². The van der Waals surface area contributed by atoms with Gasteiger partial charge in [0.25, 0.3) is 5.56 Å². The molecule has 0 aliphatic heterocycles. The summed E-state index contributed by atoms with van der Waals surface area (Å²) in [6.07, 6.45) is 0. The van der Waals surface area contributed by atoms with Gasteiger partial charge in [-0.1, -0.05) is 45.0 Å². The van der Waals surface area contributed by atoms with Crippen LogP contribution in [0.5, 0.6) is 0 Å². The van der Waals surface area contributed by atoms with Crippen molar-refractivity contribution in [3.05, 3.63) is 52.1 Å². The van der Waals surface area contributed by atoms with Crippen molar-refractivity contribution >= 4 is 0 Å². The number of aromatic nitrogens is 2. The van der Waals surface area contributed by atoms with Gasteiger partial charge in [0, 0.05) is 18.2 Å². The van der Waals surface area contributed by atoms with Gasteiger partial charge in [0.2, 0.25) is 0 Å². The van der Waals surface area contributed by atoms with Crippen LogP contribution in [-0.4, -0.2) is 16.6 Å². The Kier molecular flexibility index (Phi) is 4.58. The van der Waals surface area contributed by atoms with Gasteiger partial charge in [-0.05, 0) is 17.9 Å². The molecule has 1 N–H and O–H groups in total. The molecule has 0 aliphatic rings. The average molecular weight is 286 g/mol. The molecule has 1 heterocycles. The number of hydrogen-bond donors (Lipinski definition) is 1. The third-order valence-corrected chi connectivity index (χ3v) is 3.28. The van der Waals surface area contributed by atoms with E-state index in [0.29, 0.717) is 24.7 Å². The second-order valence-corrected chi connectivity index (χ2v) is 6.04. The fraction of sp³-hybridized carbons (Fsp3) is 0.412. The van der Waals surface area contributed by atoms with Gasteiger partial charge in [0.15, 0.2) is 0 Å². The van der Waals surface area contributed by atoms with Gasteiger partial charge < -0.3 is 9.72 Å². The number of benzene rings is 1. The van der Waals surface area contributed by atoms with Crippen LogP contribution < -0.4 is 5.56 Å². The molecule has 4 nitrogen and oxygen atoms in total. The number of H-pyrrole nitrogens is 1. The molecule has 4 heteroatoms. The maximum absolute atomic E-state index is 11.7. The van der Waals surface area contributed by atoms with Crippen molar-refractivity contribution in [3.63, 3.8) is 0 Å². The minimum Gasteiger partial charge on any atom is -0.374 e. The lowest BCUT2D eigenvalue weighted by atomic mass is 9.86. The van der Waals surface area contributed by atoms with Gasteiger partial charge in [0.05, 0.1) is 5.69 Å². The van der Waals surface area contributed by atoms with E-state index in [1.807, 2.05) is 19.1 Å². The van der Waals surface area contributed by atoms with E-state index >= 15 is 0 Å². The van der Waals surface area contributed by atoms with Gasteiger partial charge in [-0.15, -0.1) is 0 Å². The molecule has 0 radical (unpaired) electrons. The van der Waals surface area contributed by atoms with Gasteiger partial charge in [-0.3, -0.25) is 4.79 Å². The Morgan fingerprint density at radius 1 is 1.19 bits per heavy atom. The highest BCUT2D eigenvalue weighted by atomic mass is 16.5. The summed E-state index contributed by atoms with van der Waals surface area (Å²) in [6.45, 7) is 9.34. The largest absolute Gasteiger partial charge is 0.374 e. The highest BCUT2D eigenvalue weighted by Crippen LogP contribution is 2.24. The zero-order valence-corrected chi connectivity index (χ0v) is 13.1. The molecule has 1 aromatic carbocycles. The second-order valence-electron chi connectivity index (χ2n) is 6.04. The van der Waals surface area contributed by atoms with Gasteiger partial charge >= 0.3 is 0 Å². The molecule has 0 unspecified atom stereocenters. The lowest BCUT2D eigenvalue weighted by Crippen LogP contribution is -2.13. The molecule has 1 aromatic heterocycles. The van der Waals surface area contributed by atoms with Crippen LogP contribution >= 0.6 is 0 Å². The van der Waals surface area contributed by atoms with Gasteiger partial charge in [0.1, 0.15) is 12.4 Å². The molecule has 21 heavy (non-hydrogen) atoms. The fourth-order valence-corrected chi connectivity index (χ4v) is 2.06. The van der Waals surface area contributed by atoms with Crippen LogP contribution in [0.15, 0.2) is 35.1 Å². The van der Waals surface area contributed by atoms with E-state index in [9.17, 15) is 4.79 Å². The van der Waals surface area contributed by atoms with Crippen LogP contribution in [0.1, 0.15) is 39.1 Å². The summed E-state index contributed by atoms with van der Waals surface area (Å²) in [5.41, 5.74) is 2.82. The normalized spacial score (nSPS) is 11.6. The van der Waals surface area contributed by atoms with Crippen molar-refractivity contribution in [2.24, 2.45) is 0 Å². The third-order valence-electron chi connectivity index (χ3n) is 3.28. The Balaban J connectivity index is 2.33. The van der Waals surface area contributed by atoms with Crippen molar-refractivity contribution in [3.8, 4) is 11.3 Å². The summed E-state index contributed by atoms with van der Waals surface area (Å²) in [5, 5.41) is 0. The average Bonchev–Trinajstić information content (AvgIpc) is 2.44. The van der Waals surface area contributed by atoms with E-state index in [0.717, 1.165) is 5.56 Å².